The summed E-state index contributed by atoms with van der Waals surface area (Å²) in [4.78, 5) is 20.0. The summed E-state index contributed by atoms with van der Waals surface area (Å²) in [6.45, 7) is 0.586. The second-order valence-electron chi connectivity index (χ2n) is 5.84. The summed E-state index contributed by atoms with van der Waals surface area (Å²) in [5.74, 6) is -0.521. The highest BCUT2D eigenvalue weighted by Crippen LogP contribution is 2.25. The molecule has 1 atom stereocenters. The average Bonchev–Trinajstić information content (AvgIpc) is 3.17. The Hall–Kier alpha value is -1.84. The number of carbonyl (C=O) groups is 1. The van der Waals surface area contributed by atoms with Crippen LogP contribution in [0.15, 0.2) is 46.7 Å². The number of anilines is 1. The lowest BCUT2D eigenvalue weighted by atomic mass is 9.99. The summed E-state index contributed by atoms with van der Waals surface area (Å²) in [6.07, 6.45) is 5.91. The van der Waals surface area contributed by atoms with Crippen LogP contribution in [0.2, 0.25) is 0 Å². The van der Waals surface area contributed by atoms with Crippen molar-refractivity contribution in [3.05, 3.63) is 36.8 Å². The van der Waals surface area contributed by atoms with Crippen LogP contribution in [0.5, 0.6) is 0 Å². The molecule has 134 valence electrons. The molecule has 0 aliphatic carbocycles. The molecule has 2 heterocycles. The normalized spacial score (nSPS) is 18.8. The molecular weight excluding hydrogens is 360 g/mol. The molecule has 0 spiro atoms. The second-order valence-corrected chi connectivity index (χ2v) is 8.63. The fourth-order valence-corrected chi connectivity index (χ4v) is 4.72. The first-order chi connectivity index (χ1) is 12.0. The van der Waals surface area contributed by atoms with Crippen molar-refractivity contribution >= 4 is 33.4 Å². The molecule has 0 bridgehead atoms. The third-order valence-electron chi connectivity index (χ3n) is 4.18. The molecule has 0 saturated carbocycles. The summed E-state index contributed by atoms with van der Waals surface area (Å²) < 4.78 is 26.5. The predicted octanol–water partition coefficient (Wildman–Crippen LogP) is 2.17. The molecular formula is C16H20N4O3S2. The standard InChI is InChI=1S/C16H20N4O3S2/c1-24-14-6-2-5-13(8-14)19-16(21)12-4-3-7-20(10-12)25(22,23)15-9-17-11-18-15/h2,5-6,8-9,11-12H,3-4,7,10H2,1H3,(H,17,18)(H,19,21). The Morgan fingerprint density at radius 3 is 3.00 bits per heavy atom. The van der Waals surface area contributed by atoms with Gasteiger partial charge in [0.05, 0.1) is 18.4 Å². The Labute approximate surface area is 151 Å². The zero-order valence-electron chi connectivity index (χ0n) is 13.8. The van der Waals surface area contributed by atoms with E-state index in [9.17, 15) is 13.2 Å². The lowest BCUT2D eigenvalue weighted by Crippen LogP contribution is -2.43. The number of benzene rings is 1. The van der Waals surface area contributed by atoms with Crippen LogP contribution in [0.1, 0.15) is 12.8 Å². The van der Waals surface area contributed by atoms with Crippen LogP contribution in [0, 0.1) is 5.92 Å². The SMILES string of the molecule is CSc1cccc(NC(=O)C2CCCN(S(=O)(=O)c3cnc[nH]3)C2)c1. The molecule has 1 saturated heterocycles. The third kappa shape index (κ3) is 4.05. The maximum atomic E-state index is 12.6. The van der Waals surface area contributed by atoms with Crippen LogP contribution in [-0.2, 0) is 14.8 Å². The number of carbonyl (C=O) groups excluding carboxylic acids is 1. The first-order valence-electron chi connectivity index (χ1n) is 7.94. The smallest absolute Gasteiger partial charge is 0.260 e. The van der Waals surface area contributed by atoms with Crippen molar-refractivity contribution in [1.29, 1.82) is 0 Å². The molecule has 1 fully saturated rings. The summed E-state index contributed by atoms with van der Waals surface area (Å²) in [7, 11) is -3.64. The van der Waals surface area contributed by atoms with Crippen molar-refractivity contribution in [1.82, 2.24) is 14.3 Å². The van der Waals surface area contributed by atoms with Crippen molar-refractivity contribution in [3.8, 4) is 0 Å². The molecule has 1 amide bonds. The largest absolute Gasteiger partial charge is 0.335 e. The van der Waals surface area contributed by atoms with Crippen molar-refractivity contribution in [2.75, 3.05) is 24.7 Å². The number of rotatable bonds is 5. The van der Waals surface area contributed by atoms with Gasteiger partial charge in [-0.3, -0.25) is 4.79 Å². The molecule has 25 heavy (non-hydrogen) atoms. The molecule has 2 aromatic rings. The van der Waals surface area contributed by atoms with E-state index in [1.807, 2.05) is 30.5 Å². The summed E-state index contributed by atoms with van der Waals surface area (Å²) >= 11 is 1.60. The van der Waals surface area contributed by atoms with E-state index in [-0.39, 0.29) is 23.4 Å². The second kappa shape index (κ2) is 7.59. The van der Waals surface area contributed by atoms with E-state index in [0.717, 1.165) is 10.6 Å². The lowest BCUT2D eigenvalue weighted by Gasteiger charge is -2.30. The monoisotopic (exact) mass is 380 g/mol. The van der Waals surface area contributed by atoms with E-state index in [1.165, 1.54) is 16.8 Å². The predicted molar refractivity (Wildman–Crippen MR) is 96.9 cm³/mol. The van der Waals surface area contributed by atoms with Gasteiger partial charge in [-0.25, -0.2) is 13.4 Å². The van der Waals surface area contributed by atoms with E-state index in [4.69, 9.17) is 0 Å². The molecule has 2 N–H and O–H groups in total. The minimum Gasteiger partial charge on any atom is -0.335 e. The maximum absolute atomic E-state index is 12.6. The van der Waals surface area contributed by atoms with Gasteiger partial charge in [0.15, 0.2) is 5.03 Å². The number of hydrogen-bond donors (Lipinski definition) is 2. The van der Waals surface area contributed by atoms with Gasteiger partial charge in [-0.15, -0.1) is 11.8 Å². The van der Waals surface area contributed by atoms with E-state index in [0.29, 0.717) is 19.4 Å². The van der Waals surface area contributed by atoms with Crippen LogP contribution >= 0.6 is 11.8 Å². The Kier molecular flexibility index (Phi) is 5.45. The van der Waals surface area contributed by atoms with Crippen LogP contribution in [0.4, 0.5) is 5.69 Å². The van der Waals surface area contributed by atoms with Crippen LogP contribution in [0.25, 0.3) is 0 Å². The molecule has 1 aliphatic rings. The number of sulfonamides is 1. The quantitative estimate of drug-likeness (QED) is 0.775. The van der Waals surface area contributed by atoms with Crippen LogP contribution in [0.3, 0.4) is 0 Å². The highest BCUT2D eigenvalue weighted by Gasteiger charge is 2.34. The number of hydrogen-bond acceptors (Lipinski definition) is 5. The Morgan fingerprint density at radius 1 is 1.44 bits per heavy atom. The summed E-state index contributed by atoms with van der Waals surface area (Å²) in [6, 6.07) is 7.60. The summed E-state index contributed by atoms with van der Waals surface area (Å²) in [5, 5.41) is 2.96. The molecule has 0 radical (unpaired) electrons. The number of nitrogens with one attached hydrogen (secondary N) is 2. The molecule has 1 unspecified atom stereocenters. The average molecular weight is 380 g/mol. The molecule has 3 rings (SSSR count). The minimum absolute atomic E-state index is 0.0567. The van der Waals surface area contributed by atoms with E-state index in [2.05, 4.69) is 15.3 Å². The number of aromatic amines is 1. The Bertz CT molecular complexity index is 837. The van der Waals surface area contributed by atoms with Crippen molar-refractivity contribution in [2.24, 2.45) is 5.92 Å². The van der Waals surface area contributed by atoms with Gasteiger partial charge in [0.2, 0.25) is 5.91 Å². The zero-order chi connectivity index (χ0) is 17.9. The Morgan fingerprint density at radius 2 is 2.28 bits per heavy atom. The highest BCUT2D eigenvalue weighted by molar-refractivity contribution is 7.98. The highest BCUT2D eigenvalue weighted by atomic mass is 32.2. The van der Waals surface area contributed by atoms with E-state index in [1.54, 1.807) is 11.8 Å². The fraction of sp³-hybridized carbons (Fsp3) is 0.375. The number of thioether (sulfide) groups is 1. The van der Waals surface area contributed by atoms with Gasteiger partial charge in [-0.05, 0) is 37.3 Å². The number of piperidine rings is 1. The number of H-pyrrole nitrogens is 1. The Balaban J connectivity index is 1.69. The third-order valence-corrected chi connectivity index (χ3v) is 6.70. The first kappa shape index (κ1) is 18.0. The van der Waals surface area contributed by atoms with Gasteiger partial charge in [-0.2, -0.15) is 4.31 Å². The molecule has 1 aromatic carbocycles. The number of amides is 1. The first-order valence-corrected chi connectivity index (χ1v) is 10.6. The fourth-order valence-electron chi connectivity index (χ4n) is 2.84. The number of nitrogens with zero attached hydrogens (tertiary/aromatic N) is 2. The minimum atomic E-state index is -3.64. The van der Waals surface area contributed by atoms with E-state index < -0.39 is 10.0 Å². The van der Waals surface area contributed by atoms with Gasteiger partial charge in [0, 0.05) is 23.7 Å². The van der Waals surface area contributed by atoms with Gasteiger partial charge in [-0.1, -0.05) is 6.07 Å². The lowest BCUT2D eigenvalue weighted by molar-refractivity contribution is -0.120. The van der Waals surface area contributed by atoms with Gasteiger partial charge < -0.3 is 10.3 Å². The van der Waals surface area contributed by atoms with Crippen molar-refractivity contribution < 1.29 is 13.2 Å². The zero-order valence-corrected chi connectivity index (χ0v) is 15.4. The summed E-state index contributed by atoms with van der Waals surface area (Å²) in [5.41, 5.74) is 0.727. The maximum Gasteiger partial charge on any atom is 0.260 e. The molecule has 7 nitrogen and oxygen atoms in total. The van der Waals surface area contributed by atoms with Crippen LogP contribution in [-0.4, -0.2) is 47.9 Å². The van der Waals surface area contributed by atoms with E-state index >= 15 is 0 Å². The molecule has 9 heteroatoms. The van der Waals surface area contributed by atoms with Gasteiger partial charge in [0.25, 0.3) is 10.0 Å². The van der Waals surface area contributed by atoms with Crippen molar-refractivity contribution in [2.45, 2.75) is 22.8 Å². The number of imidazole rings is 1. The van der Waals surface area contributed by atoms with Crippen LogP contribution < -0.4 is 5.32 Å². The molecule has 1 aromatic heterocycles. The van der Waals surface area contributed by atoms with Gasteiger partial charge >= 0.3 is 0 Å². The van der Waals surface area contributed by atoms with Crippen molar-refractivity contribution in [3.63, 3.8) is 0 Å². The van der Waals surface area contributed by atoms with Gasteiger partial charge in [0.1, 0.15) is 0 Å². The molecule has 1 aliphatic heterocycles. The topological polar surface area (TPSA) is 95.2 Å². The number of aromatic nitrogens is 2.